The molecular weight excluding hydrogens is 482 g/mol. The Labute approximate surface area is 210 Å². The Hall–Kier alpha value is -5.27. The van der Waals surface area contributed by atoms with E-state index in [2.05, 4.69) is 30.6 Å². The summed E-state index contributed by atoms with van der Waals surface area (Å²) < 4.78 is 11.7. The molecule has 1 aromatic carbocycles. The molecule has 14 nitrogen and oxygen atoms in total. The van der Waals surface area contributed by atoms with Crippen molar-refractivity contribution in [2.24, 2.45) is 5.73 Å². The first-order valence-corrected chi connectivity index (χ1v) is 10.7. The number of hydrogen-bond acceptors (Lipinski definition) is 10. The van der Waals surface area contributed by atoms with E-state index in [1.807, 2.05) is 0 Å². The first-order valence-electron chi connectivity index (χ1n) is 10.7. The average molecular weight is 508 g/mol. The molecule has 0 saturated heterocycles. The maximum Gasteiger partial charge on any atom is 0.349 e. The van der Waals surface area contributed by atoms with Crippen molar-refractivity contribution < 1.29 is 19.4 Å². The van der Waals surface area contributed by atoms with Gasteiger partial charge < -0.3 is 25.6 Å². The predicted octanol–water partition coefficient (Wildman–Crippen LogP) is 1.34. The SMILES string of the molecule is CC(=O)O.COc1cc(C(Nc2ccc(C(=N)N)cc2)c2nn(-c3cccnn3)c(=O)[nH]2)cc(OC)n1. The molecule has 0 saturated carbocycles. The summed E-state index contributed by atoms with van der Waals surface area (Å²) >= 11 is 0. The summed E-state index contributed by atoms with van der Waals surface area (Å²) in [6.45, 7) is 1.08. The number of carboxylic acids is 1. The van der Waals surface area contributed by atoms with Gasteiger partial charge in [0, 0.05) is 36.5 Å². The smallest absolute Gasteiger partial charge is 0.349 e. The number of carbonyl (C=O) groups is 1. The van der Waals surface area contributed by atoms with Gasteiger partial charge in [-0.1, -0.05) is 0 Å². The second kappa shape index (κ2) is 11.9. The van der Waals surface area contributed by atoms with E-state index >= 15 is 0 Å². The summed E-state index contributed by atoms with van der Waals surface area (Å²) in [6, 6.07) is 13.1. The summed E-state index contributed by atoms with van der Waals surface area (Å²) in [7, 11) is 3.00. The van der Waals surface area contributed by atoms with Crippen LogP contribution in [0.5, 0.6) is 11.8 Å². The lowest BCUT2D eigenvalue weighted by atomic mass is 10.1. The molecule has 6 N–H and O–H groups in total. The number of aromatic amines is 1. The van der Waals surface area contributed by atoms with Crippen LogP contribution >= 0.6 is 0 Å². The second-order valence-corrected chi connectivity index (χ2v) is 7.38. The number of hydrogen-bond donors (Lipinski definition) is 5. The van der Waals surface area contributed by atoms with E-state index in [-0.39, 0.29) is 11.7 Å². The molecule has 0 aliphatic carbocycles. The fraction of sp³-hybridized carbons (Fsp3) is 0.174. The third-order valence-corrected chi connectivity index (χ3v) is 4.74. The van der Waals surface area contributed by atoms with Crippen LogP contribution in [0, 0.1) is 5.41 Å². The average Bonchev–Trinajstić information content (AvgIpc) is 3.28. The van der Waals surface area contributed by atoms with Gasteiger partial charge in [-0.25, -0.2) is 4.79 Å². The highest BCUT2D eigenvalue weighted by atomic mass is 16.5. The van der Waals surface area contributed by atoms with Crippen LogP contribution < -0.4 is 26.2 Å². The van der Waals surface area contributed by atoms with Crippen molar-refractivity contribution in [2.75, 3.05) is 19.5 Å². The van der Waals surface area contributed by atoms with E-state index < -0.39 is 17.7 Å². The molecule has 37 heavy (non-hydrogen) atoms. The zero-order chi connectivity index (χ0) is 26.9. The molecule has 3 aromatic heterocycles. The third-order valence-electron chi connectivity index (χ3n) is 4.74. The van der Waals surface area contributed by atoms with Gasteiger partial charge in [-0.05, 0) is 42.0 Å². The van der Waals surface area contributed by atoms with E-state index in [0.717, 1.165) is 11.6 Å². The maximum absolute atomic E-state index is 12.6. The molecule has 0 aliphatic rings. The van der Waals surface area contributed by atoms with E-state index in [4.69, 9.17) is 30.5 Å². The van der Waals surface area contributed by atoms with Gasteiger partial charge in [-0.15, -0.1) is 10.2 Å². The van der Waals surface area contributed by atoms with Crippen LogP contribution in [-0.4, -0.2) is 61.1 Å². The number of nitrogens with one attached hydrogen (secondary N) is 3. The highest BCUT2D eigenvalue weighted by Crippen LogP contribution is 2.29. The van der Waals surface area contributed by atoms with Gasteiger partial charge in [0.1, 0.15) is 11.9 Å². The van der Waals surface area contributed by atoms with Gasteiger partial charge in [0.15, 0.2) is 11.6 Å². The van der Waals surface area contributed by atoms with Gasteiger partial charge in [0.05, 0.1) is 14.2 Å². The maximum atomic E-state index is 12.6. The molecule has 3 heterocycles. The minimum atomic E-state index is -0.833. The molecule has 4 rings (SSSR count). The number of H-pyrrole nitrogens is 1. The number of nitrogens with two attached hydrogens (primary N) is 1. The fourth-order valence-electron chi connectivity index (χ4n) is 3.13. The number of nitrogens with zero attached hydrogens (tertiary/aromatic N) is 5. The number of carboxylic acid groups (broad SMARTS) is 1. The summed E-state index contributed by atoms with van der Waals surface area (Å²) in [6.07, 6.45) is 1.51. The predicted molar refractivity (Wildman–Crippen MR) is 133 cm³/mol. The molecular formula is C23H25N9O5. The quantitative estimate of drug-likeness (QED) is 0.170. The summed E-state index contributed by atoms with van der Waals surface area (Å²) in [5.74, 6) is 0.391. The molecule has 1 atom stereocenters. The molecule has 0 amide bonds. The number of anilines is 1. The zero-order valence-corrected chi connectivity index (χ0v) is 20.2. The number of ether oxygens (including phenoxy) is 2. The highest BCUT2D eigenvalue weighted by molar-refractivity contribution is 5.95. The van der Waals surface area contributed by atoms with Gasteiger partial charge >= 0.3 is 5.69 Å². The summed E-state index contributed by atoms with van der Waals surface area (Å²) in [5.41, 5.74) is 7.04. The largest absolute Gasteiger partial charge is 0.481 e. The number of rotatable bonds is 8. The van der Waals surface area contributed by atoms with Crippen LogP contribution in [0.2, 0.25) is 0 Å². The van der Waals surface area contributed by atoms with Crippen LogP contribution in [-0.2, 0) is 4.79 Å². The van der Waals surface area contributed by atoms with Crippen molar-refractivity contribution in [1.29, 1.82) is 5.41 Å². The Balaban J connectivity index is 0.000000886. The van der Waals surface area contributed by atoms with E-state index in [0.29, 0.717) is 34.4 Å². The Morgan fingerprint density at radius 3 is 2.30 bits per heavy atom. The highest BCUT2D eigenvalue weighted by Gasteiger charge is 2.23. The lowest BCUT2D eigenvalue weighted by molar-refractivity contribution is -0.134. The van der Waals surface area contributed by atoms with Crippen molar-refractivity contribution in [3.63, 3.8) is 0 Å². The van der Waals surface area contributed by atoms with Gasteiger partial charge in [-0.3, -0.25) is 15.2 Å². The topological polar surface area (TPSA) is 207 Å². The molecule has 0 bridgehead atoms. The zero-order valence-electron chi connectivity index (χ0n) is 20.2. The molecule has 4 aromatic rings. The van der Waals surface area contributed by atoms with Crippen molar-refractivity contribution >= 4 is 17.5 Å². The lowest BCUT2D eigenvalue weighted by Crippen LogP contribution is -2.17. The molecule has 0 radical (unpaired) electrons. The van der Waals surface area contributed by atoms with Crippen LogP contribution in [0.15, 0.2) is 59.5 Å². The number of benzene rings is 1. The number of amidine groups is 1. The van der Waals surface area contributed by atoms with Gasteiger partial charge in [-0.2, -0.15) is 14.8 Å². The molecule has 14 heteroatoms. The number of nitrogen functional groups attached to an aromatic ring is 1. The van der Waals surface area contributed by atoms with Crippen LogP contribution in [0.4, 0.5) is 5.69 Å². The summed E-state index contributed by atoms with van der Waals surface area (Å²) in [5, 5.41) is 30.5. The number of aliphatic carboxylic acids is 1. The number of pyridine rings is 1. The van der Waals surface area contributed by atoms with E-state index in [9.17, 15) is 4.79 Å². The molecule has 1 unspecified atom stereocenters. The van der Waals surface area contributed by atoms with Crippen LogP contribution in [0.1, 0.15) is 29.9 Å². The number of methoxy groups -OCH3 is 2. The second-order valence-electron chi connectivity index (χ2n) is 7.38. The fourth-order valence-corrected chi connectivity index (χ4v) is 3.13. The van der Waals surface area contributed by atoms with E-state index in [1.165, 1.54) is 20.4 Å². The minimum Gasteiger partial charge on any atom is -0.481 e. The normalized spacial score (nSPS) is 11.0. The van der Waals surface area contributed by atoms with Crippen molar-refractivity contribution in [2.45, 2.75) is 13.0 Å². The first-order chi connectivity index (χ1) is 17.7. The minimum absolute atomic E-state index is 0.0336. The molecule has 0 fully saturated rings. The van der Waals surface area contributed by atoms with Gasteiger partial charge in [0.25, 0.3) is 5.97 Å². The Morgan fingerprint density at radius 1 is 1.16 bits per heavy atom. The van der Waals surface area contributed by atoms with Crippen LogP contribution in [0.3, 0.4) is 0 Å². The molecule has 192 valence electrons. The van der Waals surface area contributed by atoms with Crippen molar-refractivity contribution in [3.05, 3.63) is 82.2 Å². The molecule has 0 spiro atoms. The Morgan fingerprint density at radius 2 is 1.78 bits per heavy atom. The van der Waals surface area contributed by atoms with E-state index in [1.54, 1.807) is 48.5 Å². The lowest BCUT2D eigenvalue weighted by Gasteiger charge is -2.19. The van der Waals surface area contributed by atoms with Crippen molar-refractivity contribution in [3.8, 4) is 17.6 Å². The Bertz CT molecular complexity index is 1390. The number of aromatic nitrogens is 6. The monoisotopic (exact) mass is 507 g/mol. The summed E-state index contributed by atoms with van der Waals surface area (Å²) in [4.78, 5) is 28.7. The molecule has 0 aliphatic heterocycles. The van der Waals surface area contributed by atoms with Crippen molar-refractivity contribution in [1.82, 2.24) is 29.9 Å². The third kappa shape index (κ3) is 6.88. The Kier molecular flexibility index (Phi) is 8.49. The standard InChI is InChI=1S/C21H21N9O3.C2H4O2/c1-32-16-10-13(11-17(26-16)33-2)18(25-14-7-5-12(6-8-14)19(22)23)20-27-21(31)30(29-20)15-4-3-9-24-28-15;1-2(3)4/h3-11,18,25H,1-2H3,(H3,22,23)(H,27,29,31);1H3,(H,3,4). The van der Waals surface area contributed by atoms with Gasteiger partial charge in [0.2, 0.25) is 11.8 Å². The van der Waals surface area contributed by atoms with Crippen LogP contribution in [0.25, 0.3) is 5.82 Å². The first kappa shape index (κ1) is 26.3.